The highest BCUT2D eigenvalue weighted by atomic mass is 14.2. The highest BCUT2D eigenvalue weighted by molar-refractivity contribution is 5.88. The van der Waals surface area contributed by atoms with E-state index in [1.54, 1.807) is 5.56 Å². The first kappa shape index (κ1) is 22.6. The molecule has 0 aliphatic carbocycles. The molecule has 0 radical (unpaired) electrons. The number of unbranched alkanes of at least 4 members (excludes halogenated alkanes) is 6. The Labute approximate surface area is 184 Å². The van der Waals surface area contributed by atoms with E-state index in [1.807, 2.05) is 0 Å². The van der Waals surface area contributed by atoms with Crippen molar-refractivity contribution in [1.82, 2.24) is 0 Å². The van der Waals surface area contributed by atoms with Crippen LogP contribution in [0.25, 0.3) is 21.9 Å². The summed E-state index contributed by atoms with van der Waals surface area (Å²) in [5.41, 5.74) is 8.74. The van der Waals surface area contributed by atoms with E-state index in [1.165, 1.54) is 103 Å². The van der Waals surface area contributed by atoms with Crippen LogP contribution in [0.4, 0.5) is 0 Å². The van der Waals surface area contributed by atoms with Crippen molar-refractivity contribution < 1.29 is 0 Å². The average Bonchev–Trinajstić information content (AvgIpc) is 2.75. The Balaban J connectivity index is 1.94. The summed E-state index contributed by atoms with van der Waals surface area (Å²) in [5.74, 6) is 0. The highest BCUT2D eigenvalue weighted by Crippen LogP contribution is 2.32. The summed E-state index contributed by atoms with van der Waals surface area (Å²) in [6, 6.07) is 18.8. The second kappa shape index (κ2) is 11.3. The molecule has 30 heavy (non-hydrogen) atoms. The van der Waals surface area contributed by atoms with Crippen LogP contribution in [0, 0.1) is 13.8 Å². The Morgan fingerprint density at radius 3 is 1.90 bits per heavy atom. The molecular formula is C30H40. The Hall–Kier alpha value is -2.08. The molecule has 0 fully saturated rings. The highest BCUT2D eigenvalue weighted by Gasteiger charge is 2.11. The molecule has 3 rings (SSSR count). The molecule has 0 N–H and O–H groups in total. The lowest BCUT2D eigenvalue weighted by molar-refractivity contribution is 0.662. The minimum absolute atomic E-state index is 1.19. The van der Waals surface area contributed by atoms with Gasteiger partial charge in [0.1, 0.15) is 0 Å². The Kier molecular flexibility index (Phi) is 8.55. The minimum atomic E-state index is 1.19. The van der Waals surface area contributed by atoms with Gasteiger partial charge in [-0.05, 0) is 84.2 Å². The van der Waals surface area contributed by atoms with Gasteiger partial charge in [-0.15, -0.1) is 0 Å². The molecule has 0 spiro atoms. The number of rotatable bonds is 11. The van der Waals surface area contributed by atoms with Gasteiger partial charge in [0.25, 0.3) is 0 Å². The number of benzene rings is 3. The summed E-state index contributed by atoms with van der Waals surface area (Å²) in [6.45, 7) is 9.07. The second-order valence-corrected chi connectivity index (χ2v) is 9.12. The maximum Gasteiger partial charge on any atom is -0.0149 e. The maximum atomic E-state index is 2.52. The Morgan fingerprint density at radius 1 is 0.567 bits per heavy atom. The van der Waals surface area contributed by atoms with Crippen molar-refractivity contribution in [3.05, 3.63) is 70.8 Å². The third-order valence-corrected chi connectivity index (χ3v) is 6.47. The molecule has 0 aliphatic rings. The van der Waals surface area contributed by atoms with Crippen molar-refractivity contribution in [3.8, 4) is 11.1 Å². The van der Waals surface area contributed by atoms with Crippen LogP contribution in [0.1, 0.15) is 87.5 Å². The fourth-order valence-electron chi connectivity index (χ4n) is 4.57. The number of hydrogen-bond acceptors (Lipinski definition) is 0. The van der Waals surface area contributed by atoms with Crippen molar-refractivity contribution in [2.75, 3.05) is 0 Å². The molecule has 0 heterocycles. The van der Waals surface area contributed by atoms with Crippen LogP contribution in [0.2, 0.25) is 0 Å². The molecular weight excluding hydrogens is 360 g/mol. The summed E-state index contributed by atoms with van der Waals surface area (Å²) in [4.78, 5) is 0. The van der Waals surface area contributed by atoms with Crippen molar-refractivity contribution in [2.24, 2.45) is 0 Å². The van der Waals surface area contributed by atoms with Gasteiger partial charge in [0.2, 0.25) is 0 Å². The fourth-order valence-corrected chi connectivity index (χ4v) is 4.57. The molecule has 0 bridgehead atoms. The van der Waals surface area contributed by atoms with E-state index in [0.717, 1.165) is 0 Å². The van der Waals surface area contributed by atoms with E-state index in [0.29, 0.717) is 0 Å². The van der Waals surface area contributed by atoms with Gasteiger partial charge in [0, 0.05) is 0 Å². The van der Waals surface area contributed by atoms with E-state index < -0.39 is 0 Å². The largest absolute Gasteiger partial charge is 0.0654 e. The van der Waals surface area contributed by atoms with Gasteiger partial charge in [-0.25, -0.2) is 0 Å². The van der Waals surface area contributed by atoms with Crippen LogP contribution >= 0.6 is 0 Å². The molecule has 0 saturated carbocycles. The standard InChI is InChI=1S/C30H40/c1-5-7-9-11-13-25-22-30(28(20-24(25)4)14-12-10-8-6-2)29-18-17-26-19-23(3)15-16-27(26)21-29/h15-22H,5-14H2,1-4H3. The van der Waals surface area contributed by atoms with Gasteiger partial charge < -0.3 is 0 Å². The van der Waals surface area contributed by atoms with E-state index >= 15 is 0 Å². The topological polar surface area (TPSA) is 0 Å². The van der Waals surface area contributed by atoms with Crippen LogP contribution < -0.4 is 0 Å². The zero-order valence-corrected chi connectivity index (χ0v) is 19.7. The van der Waals surface area contributed by atoms with Crippen molar-refractivity contribution in [1.29, 1.82) is 0 Å². The molecule has 0 atom stereocenters. The summed E-state index contributed by atoms with van der Waals surface area (Å²) in [6.07, 6.45) is 13.0. The molecule has 0 heteroatoms. The first-order valence-corrected chi connectivity index (χ1v) is 12.3. The molecule has 3 aromatic rings. The quantitative estimate of drug-likeness (QED) is 0.281. The second-order valence-electron chi connectivity index (χ2n) is 9.12. The zero-order chi connectivity index (χ0) is 21.3. The lowest BCUT2D eigenvalue weighted by Gasteiger charge is -2.16. The number of aryl methyl sites for hydroxylation is 4. The number of hydrogen-bond donors (Lipinski definition) is 0. The molecule has 3 aromatic carbocycles. The van der Waals surface area contributed by atoms with Gasteiger partial charge in [-0.2, -0.15) is 0 Å². The van der Waals surface area contributed by atoms with E-state index in [9.17, 15) is 0 Å². The lowest BCUT2D eigenvalue weighted by Crippen LogP contribution is -1.98. The maximum absolute atomic E-state index is 2.52. The molecule has 0 unspecified atom stereocenters. The summed E-state index contributed by atoms with van der Waals surface area (Å²) in [5, 5.41) is 2.69. The van der Waals surface area contributed by atoms with Gasteiger partial charge in [0.05, 0.1) is 0 Å². The zero-order valence-electron chi connectivity index (χ0n) is 19.7. The fraction of sp³-hybridized carbons (Fsp3) is 0.467. The molecule has 0 aromatic heterocycles. The van der Waals surface area contributed by atoms with E-state index in [-0.39, 0.29) is 0 Å². The Morgan fingerprint density at radius 2 is 1.20 bits per heavy atom. The van der Waals surface area contributed by atoms with Gasteiger partial charge >= 0.3 is 0 Å². The summed E-state index contributed by atoms with van der Waals surface area (Å²) >= 11 is 0. The van der Waals surface area contributed by atoms with Crippen molar-refractivity contribution >= 4 is 10.8 Å². The molecule has 0 nitrogen and oxygen atoms in total. The monoisotopic (exact) mass is 400 g/mol. The number of fused-ring (bicyclic) bond motifs is 1. The predicted molar refractivity (Wildman–Crippen MR) is 135 cm³/mol. The van der Waals surface area contributed by atoms with Gasteiger partial charge in [-0.1, -0.05) is 100 Å². The smallest absolute Gasteiger partial charge is 0.0149 e. The normalized spacial score (nSPS) is 11.3. The van der Waals surface area contributed by atoms with Crippen LogP contribution in [-0.4, -0.2) is 0 Å². The summed E-state index contributed by atoms with van der Waals surface area (Å²) < 4.78 is 0. The first-order valence-electron chi connectivity index (χ1n) is 12.3. The van der Waals surface area contributed by atoms with E-state index in [4.69, 9.17) is 0 Å². The Bertz CT molecular complexity index is 948. The molecule has 160 valence electrons. The third-order valence-electron chi connectivity index (χ3n) is 6.47. The van der Waals surface area contributed by atoms with Crippen LogP contribution in [0.3, 0.4) is 0 Å². The molecule has 0 aliphatic heterocycles. The van der Waals surface area contributed by atoms with Crippen molar-refractivity contribution in [3.63, 3.8) is 0 Å². The van der Waals surface area contributed by atoms with Crippen LogP contribution in [-0.2, 0) is 12.8 Å². The van der Waals surface area contributed by atoms with Gasteiger partial charge in [0.15, 0.2) is 0 Å². The average molecular weight is 401 g/mol. The summed E-state index contributed by atoms with van der Waals surface area (Å²) in [7, 11) is 0. The molecule has 0 saturated heterocycles. The van der Waals surface area contributed by atoms with Crippen LogP contribution in [0.5, 0.6) is 0 Å². The lowest BCUT2D eigenvalue weighted by atomic mass is 9.89. The first-order chi connectivity index (χ1) is 14.6. The van der Waals surface area contributed by atoms with E-state index in [2.05, 4.69) is 76.2 Å². The third kappa shape index (κ3) is 5.97. The van der Waals surface area contributed by atoms with Crippen LogP contribution in [0.15, 0.2) is 48.5 Å². The SMILES string of the molecule is CCCCCCc1cc(-c2ccc3cc(C)ccc3c2)c(CCCCCC)cc1C. The predicted octanol–water partition coefficient (Wildman–Crippen LogP) is 9.37. The van der Waals surface area contributed by atoms with Gasteiger partial charge in [-0.3, -0.25) is 0 Å². The van der Waals surface area contributed by atoms with Crippen molar-refractivity contribution in [2.45, 2.75) is 91.9 Å². The minimum Gasteiger partial charge on any atom is -0.0654 e. The molecule has 0 amide bonds.